The van der Waals surface area contributed by atoms with Crippen molar-refractivity contribution in [3.8, 4) is 0 Å². The van der Waals surface area contributed by atoms with Crippen molar-refractivity contribution in [2.75, 3.05) is 11.9 Å². The molecule has 0 saturated carbocycles. The van der Waals surface area contributed by atoms with E-state index in [1.807, 2.05) is 13.0 Å². The average Bonchev–Trinajstić information content (AvgIpc) is 2.37. The van der Waals surface area contributed by atoms with Crippen molar-refractivity contribution in [3.05, 3.63) is 34.2 Å². The van der Waals surface area contributed by atoms with Crippen molar-refractivity contribution in [1.29, 1.82) is 0 Å². The smallest absolute Gasteiger partial charge is 0.139 e. The molecule has 0 aliphatic rings. The summed E-state index contributed by atoms with van der Waals surface area (Å²) in [4.78, 5) is 4.46. The number of hydrogen-bond donors (Lipinski definition) is 1. The standard InChI is InChI=1S/C14H16BrFN2/c1-3-5-17-13-6-9(4-2)18-14-8-12(16)11(15)7-10(13)14/h6-8H,3-5H2,1-2H3,(H,17,18). The van der Waals surface area contributed by atoms with Crippen LogP contribution in [0.25, 0.3) is 10.9 Å². The van der Waals surface area contributed by atoms with Crippen molar-refractivity contribution in [2.45, 2.75) is 26.7 Å². The second-order valence-electron chi connectivity index (χ2n) is 4.22. The van der Waals surface area contributed by atoms with Gasteiger partial charge in [0.2, 0.25) is 0 Å². The van der Waals surface area contributed by atoms with E-state index in [2.05, 4.69) is 33.2 Å². The molecule has 18 heavy (non-hydrogen) atoms. The summed E-state index contributed by atoms with van der Waals surface area (Å²) in [5, 5.41) is 4.33. The van der Waals surface area contributed by atoms with E-state index in [0.717, 1.165) is 36.2 Å². The van der Waals surface area contributed by atoms with Gasteiger partial charge in [-0.25, -0.2) is 4.39 Å². The Morgan fingerprint density at radius 2 is 2.06 bits per heavy atom. The van der Waals surface area contributed by atoms with E-state index in [1.54, 1.807) is 6.07 Å². The van der Waals surface area contributed by atoms with Crippen molar-refractivity contribution in [1.82, 2.24) is 4.98 Å². The number of hydrogen-bond acceptors (Lipinski definition) is 2. The van der Waals surface area contributed by atoms with Gasteiger partial charge in [0, 0.05) is 29.4 Å². The Balaban J connectivity index is 2.61. The molecule has 4 heteroatoms. The van der Waals surface area contributed by atoms with Gasteiger partial charge in [-0.1, -0.05) is 13.8 Å². The zero-order valence-corrected chi connectivity index (χ0v) is 12.1. The fourth-order valence-corrected chi connectivity index (χ4v) is 2.21. The molecule has 0 saturated heterocycles. The summed E-state index contributed by atoms with van der Waals surface area (Å²) in [7, 11) is 0. The van der Waals surface area contributed by atoms with Gasteiger partial charge in [-0.2, -0.15) is 0 Å². The minimum atomic E-state index is -0.273. The molecular weight excluding hydrogens is 295 g/mol. The molecule has 0 atom stereocenters. The first-order chi connectivity index (χ1) is 8.65. The topological polar surface area (TPSA) is 24.9 Å². The zero-order chi connectivity index (χ0) is 13.1. The Kier molecular flexibility index (Phi) is 4.17. The Bertz CT molecular complexity index is 569. The second-order valence-corrected chi connectivity index (χ2v) is 5.08. The first-order valence-corrected chi connectivity index (χ1v) is 6.97. The Hall–Kier alpha value is -1.16. The van der Waals surface area contributed by atoms with E-state index >= 15 is 0 Å². The molecule has 2 nitrogen and oxygen atoms in total. The molecule has 1 N–H and O–H groups in total. The van der Waals surface area contributed by atoms with Gasteiger partial charge >= 0.3 is 0 Å². The summed E-state index contributed by atoms with van der Waals surface area (Å²) in [6.45, 7) is 5.07. The number of aryl methyl sites for hydroxylation is 1. The number of pyridine rings is 1. The number of halogens is 2. The van der Waals surface area contributed by atoms with Crippen LogP contribution in [0.2, 0.25) is 0 Å². The molecular formula is C14H16BrFN2. The summed E-state index contributed by atoms with van der Waals surface area (Å²) in [5.74, 6) is -0.273. The first-order valence-electron chi connectivity index (χ1n) is 6.18. The van der Waals surface area contributed by atoms with Crippen LogP contribution in [-0.4, -0.2) is 11.5 Å². The van der Waals surface area contributed by atoms with Gasteiger partial charge in [-0.05, 0) is 40.9 Å². The third-order valence-electron chi connectivity index (χ3n) is 2.83. The molecule has 0 radical (unpaired) electrons. The van der Waals surface area contributed by atoms with Crippen LogP contribution in [0.15, 0.2) is 22.7 Å². The van der Waals surface area contributed by atoms with Crippen molar-refractivity contribution >= 4 is 32.5 Å². The molecule has 1 aromatic heterocycles. The molecule has 1 heterocycles. The van der Waals surface area contributed by atoms with Gasteiger partial charge in [0.05, 0.1) is 9.99 Å². The molecule has 0 aliphatic carbocycles. The highest BCUT2D eigenvalue weighted by Crippen LogP contribution is 2.28. The van der Waals surface area contributed by atoms with Gasteiger partial charge in [-0.15, -0.1) is 0 Å². The van der Waals surface area contributed by atoms with Crippen LogP contribution < -0.4 is 5.32 Å². The summed E-state index contributed by atoms with van der Waals surface area (Å²) < 4.78 is 14.0. The number of rotatable bonds is 4. The van der Waals surface area contributed by atoms with Crippen LogP contribution in [0, 0.1) is 5.82 Å². The monoisotopic (exact) mass is 310 g/mol. The van der Waals surface area contributed by atoms with Crippen LogP contribution in [-0.2, 0) is 6.42 Å². The second kappa shape index (κ2) is 5.65. The molecule has 0 unspecified atom stereocenters. The number of anilines is 1. The normalized spacial score (nSPS) is 10.9. The van der Waals surface area contributed by atoms with Crippen LogP contribution in [0.3, 0.4) is 0 Å². The predicted octanol–water partition coefficient (Wildman–Crippen LogP) is 4.52. The summed E-state index contributed by atoms with van der Waals surface area (Å²) in [6.07, 6.45) is 1.89. The number of aromatic nitrogens is 1. The number of nitrogens with one attached hydrogen (secondary N) is 1. The minimum Gasteiger partial charge on any atom is -0.384 e. The average molecular weight is 311 g/mol. The SMILES string of the molecule is CCCNc1cc(CC)nc2cc(F)c(Br)cc12. The van der Waals surface area contributed by atoms with Crippen LogP contribution >= 0.6 is 15.9 Å². The quantitative estimate of drug-likeness (QED) is 0.898. The van der Waals surface area contributed by atoms with Gasteiger partial charge in [0.15, 0.2) is 0 Å². The molecule has 96 valence electrons. The predicted molar refractivity (Wildman–Crippen MR) is 77.6 cm³/mol. The van der Waals surface area contributed by atoms with Gasteiger partial charge < -0.3 is 5.32 Å². The molecule has 2 rings (SSSR count). The minimum absolute atomic E-state index is 0.273. The maximum Gasteiger partial charge on any atom is 0.139 e. The molecule has 0 fully saturated rings. The van der Waals surface area contributed by atoms with Crippen LogP contribution in [0.5, 0.6) is 0 Å². The lowest BCUT2D eigenvalue weighted by Gasteiger charge is -2.11. The van der Waals surface area contributed by atoms with Gasteiger partial charge in [-0.3, -0.25) is 4.98 Å². The number of fused-ring (bicyclic) bond motifs is 1. The summed E-state index contributed by atoms with van der Waals surface area (Å²) in [5.41, 5.74) is 2.70. The van der Waals surface area contributed by atoms with Gasteiger partial charge in [0.25, 0.3) is 0 Å². The lowest BCUT2D eigenvalue weighted by molar-refractivity contribution is 0.622. The van der Waals surface area contributed by atoms with Crippen molar-refractivity contribution < 1.29 is 4.39 Å². The van der Waals surface area contributed by atoms with Gasteiger partial charge in [0.1, 0.15) is 5.82 Å². The van der Waals surface area contributed by atoms with E-state index < -0.39 is 0 Å². The molecule has 0 bridgehead atoms. The maximum absolute atomic E-state index is 13.6. The fraction of sp³-hybridized carbons (Fsp3) is 0.357. The summed E-state index contributed by atoms with van der Waals surface area (Å²) >= 11 is 3.22. The Labute approximate surface area is 115 Å². The highest BCUT2D eigenvalue weighted by Gasteiger charge is 2.08. The Morgan fingerprint density at radius 3 is 2.72 bits per heavy atom. The van der Waals surface area contributed by atoms with E-state index in [9.17, 15) is 4.39 Å². The highest BCUT2D eigenvalue weighted by atomic mass is 79.9. The van der Waals surface area contributed by atoms with Crippen molar-refractivity contribution in [3.63, 3.8) is 0 Å². The fourth-order valence-electron chi connectivity index (χ4n) is 1.86. The van der Waals surface area contributed by atoms with E-state index in [1.165, 1.54) is 6.07 Å². The third-order valence-corrected chi connectivity index (χ3v) is 3.44. The van der Waals surface area contributed by atoms with Crippen LogP contribution in [0.4, 0.5) is 10.1 Å². The molecule has 1 aromatic carbocycles. The van der Waals surface area contributed by atoms with Crippen LogP contribution in [0.1, 0.15) is 26.0 Å². The highest BCUT2D eigenvalue weighted by molar-refractivity contribution is 9.10. The lowest BCUT2D eigenvalue weighted by atomic mass is 10.1. The Morgan fingerprint density at radius 1 is 1.28 bits per heavy atom. The molecule has 0 amide bonds. The first kappa shape index (κ1) is 13.3. The number of nitrogens with zero attached hydrogens (tertiary/aromatic N) is 1. The molecule has 2 aromatic rings. The molecule has 0 aliphatic heterocycles. The van der Waals surface area contributed by atoms with E-state index in [-0.39, 0.29) is 5.82 Å². The lowest BCUT2D eigenvalue weighted by Crippen LogP contribution is -2.02. The molecule has 0 spiro atoms. The van der Waals surface area contributed by atoms with E-state index in [0.29, 0.717) is 9.99 Å². The van der Waals surface area contributed by atoms with E-state index in [4.69, 9.17) is 0 Å². The maximum atomic E-state index is 13.6. The van der Waals surface area contributed by atoms with Crippen molar-refractivity contribution in [2.24, 2.45) is 0 Å². The third kappa shape index (κ3) is 2.64. The largest absolute Gasteiger partial charge is 0.384 e. The summed E-state index contributed by atoms with van der Waals surface area (Å²) in [6, 6.07) is 5.31. The zero-order valence-electron chi connectivity index (χ0n) is 10.6. The number of benzene rings is 1.